The highest BCUT2D eigenvalue weighted by atomic mass is 16.3. The Morgan fingerprint density at radius 1 is 1.18 bits per heavy atom. The number of aromatic hydroxyl groups is 1. The molecule has 2 atom stereocenters. The topological polar surface area (TPSA) is 46.2 Å². The second kappa shape index (κ2) is 4.56. The predicted molar refractivity (Wildman–Crippen MR) is 82.7 cm³/mol. The number of rotatable bonds is 3. The van der Waals surface area contributed by atoms with Gasteiger partial charge in [0.1, 0.15) is 48.3 Å². The highest BCUT2D eigenvalue weighted by molar-refractivity contribution is 5.91. The van der Waals surface area contributed by atoms with Crippen LogP contribution in [0.4, 0.5) is 0 Å². The van der Waals surface area contributed by atoms with Gasteiger partial charge in [0, 0.05) is 0 Å². The summed E-state index contributed by atoms with van der Waals surface area (Å²) in [6, 6.07) is 7.73. The fourth-order valence-corrected chi connectivity index (χ4v) is 5.72. The predicted octanol–water partition coefficient (Wildman–Crippen LogP) is -0.437. The summed E-state index contributed by atoms with van der Waals surface area (Å²) in [6.45, 7) is 8.07. The summed E-state index contributed by atoms with van der Waals surface area (Å²) in [5.74, 6) is 0.922. The molecular formula is C18H26N2O2+2. The molecule has 22 heavy (non-hydrogen) atoms. The van der Waals surface area contributed by atoms with Gasteiger partial charge < -0.3 is 5.11 Å². The van der Waals surface area contributed by atoms with Gasteiger partial charge in [0.25, 0.3) is 0 Å². The van der Waals surface area contributed by atoms with Crippen LogP contribution in [0.15, 0.2) is 24.3 Å². The van der Waals surface area contributed by atoms with E-state index in [9.17, 15) is 9.90 Å². The van der Waals surface area contributed by atoms with E-state index in [1.165, 1.54) is 9.80 Å². The van der Waals surface area contributed by atoms with E-state index in [-0.39, 0.29) is 17.0 Å². The van der Waals surface area contributed by atoms with Crippen LogP contribution in [0.3, 0.4) is 0 Å². The van der Waals surface area contributed by atoms with Gasteiger partial charge in [0.15, 0.2) is 5.78 Å². The van der Waals surface area contributed by atoms with E-state index in [1.54, 1.807) is 6.07 Å². The maximum Gasteiger partial charge on any atom is 0.243 e. The van der Waals surface area contributed by atoms with Gasteiger partial charge in [-0.1, -0.05) is 25.5 Å². The van der Waals surface area contributed by atoms with E-state index in [0.29, 0.717) is 11.5 Å². The Hall–Kier alpha value is -1.39. The molecule has 0 saturated carbocycles. The molecule has 4 saturated heterocycles. The van der Waals surface area contributed by atoms with Crippen LogP contribution in [0.2, 0.25) is 0 Å². The van der Waals surface area contributed by atoms with Crippen LogP contribution < -0.4 is 9.80 Å². The van der Waals surface area contributed by atoms with Crippen molar-refractivity contribution in [2.24, 2.45) is 10.8 Å². The molecule has 2 unspecified atom stereocenters. The molecule has 0 aromatic heterocycles. The molecule has 4 heterocycles. The number of hydrogen-bond acceptors (Lipinski definition) is 2. The van der Waals surface area contributed by atoms with Crippen molar-refractivity contribution >= 4 is 5.78 Å². The second-order valence-electron chi connectivity index (χ2n) is 7.94. The highest BCUT2D eigenvalue weighted by Crippen LogP contribution is 2.40. The Kier molecular flexibility index (Phi) is 2.94. The van der Waals surface area contributed by atoms with Crippen LogP contribution in [-0.2, 0) is 4.79 Å². The maximum absolute atomic E-state index is 13.0. The van der Waals surface area contributed by atoms with Crippen LogP contribution in [0.5, 0.6) is 5.75 Å². The minimum atomic E-state index is -0.169. The molecule has 4 aliphatic rings. The molecule has 3 N–H and O–H groups in total. The van der Waals surface area contributed by atoms with Crippen LogP contribution in [0.1, 0.15) is 38.4 Å². The molecule has 0 amide bonds. The molecule has 4 bridgehead atoms. The summed E-state index contributed by atoms with van der Waals surface area (Å²) < 4.78 is 0. The van der Waals surface area contributed by atoms with Crippen LogP contribution >= 0.6 is 0 Å². The lowest BCUT2D eigenvalue weighted by Gasteiger charge is -2.59. The highest BCUT2D eigenvalue weighted by Gasteiger charge is 2.69. The van der Waals surface area contributed by atoms with Crippen molar-refractivity contribution < 1.29 is 19.7 Å². The van der Waals surface area contributed by atoms with Crippen molar-refractivity contribution in [2.75, 3.05) is 26.2 Å². The standard InChI is InChI=1S/C18H24N2O2/c1-3-8-18-11-19-9-17(2,16(18)22)10-20(12-18)15(19)13-6-4-5-7-14(13)21/h4-7,15,21H,3,8-12H2,1-2H3/p+2. The molecule has 4 fully saturated rings. The number of benzene rings is 1. The molecular weight excluding hydrogens is 276 g/mol. The number of phenols is 1. The van der Waals surface area contributed by atoms with Gasteiger partial charge in [-0.15, -0.1) is 0 Å². The van der Waals surface area contributed by atoms with Gasteiger partial charge in [-0.3, -0.25) is 14.6 Å². The minimum absolute atomic E-state index is 0.119. The first-order valence-corrected chi connectivity index (χ1v) is 8.51. The van der Waals surface area contributed by atoms with Crippen molar-refractivity contribution in [2.45, 2.75) is 32.9 Å². The lowest BCUT2D eigenvalue weighted by Crippen LogP contribution is -3.41. The number of ketones is 1. The van der Waals surface area contributed by atoms with Gasteiger partial charge in [-0.05, 0) is 25.5 Å². The Morgan fingerprint density at radius 3 is 2.41 bits per heavy atom. The Balaban J connectivity index is 1.75. The fraction of sp³-hybridized carbons (Fsp3) is 0.611. The third-order valence-electron chi connectivity index (χ3n) is 6.19. The number of quaternary nitrogens is 2. The van der Waals surface area contributed by atoms with E-state index >= 15 is 0 Å². The summed E-state index contributed by atoms with van der Waals surface area (Å²) in [4.78, 5) is 16.0. The largest absolute Gasteiger partial charge is 0.507 e. The maximum atomic E-state index is 13.0. The number of para-hydroxylation sites is 1. The molecule has 4 aliphatic heterocycles. The van der Waals surface area contributed by atoms with Crippen molar-refractivity contribution in [3.63, 3.8) is 0 Å². The number of nitrogens with one attached hydrogen (secondary N) is 2. The molecule has 5 rings (SSSR count). The zero-order valence-electron chi connectivity index (χ0n) is 13.5. The molecule has 118 valence electrons. The number of Topliss-reactive ketones (excluding diaryl/α,β-unsaturated/α-hetero) is 1. The van der Waals surface area contributed by atoms with Crippen molar-refractivity contribution in [1.82, 2.24) is 0 Å². The number of piperidine rings is 2. The monoisotopic (exact) mass is 302 g/mol. The van der Waals surface area contributed by atoms with Crippen molar-refractivity contribution in [1.29, 1.82) is 0 Å². The zero-order chi connectivity index (χ0) is 15.5. The van der Waals surface area contributed by atoms with Crippen LogP contribution in [-0.4, -0.2) is 37.1 Å². The normalized spacial score (nSPS) is 42.8. The molecule has 1 aromatic rings. The first kappa shape index (κ1) is 14.2. The average molecular weight is 302 g/mol. The first-order valence-electron chi connectivity index (χ1n) is 8.51. The Labute approximate surface area is 131 Å². The molecule has 4 heteroatoms. The number of phenolic OH excluding ortho intramolecular Hbond substituents is 1. The zero-order valence-corrected chi connectivity index (χ0v) is 13.5. The number of hydrogen-bond donors (Lipinski definition) is 3. The Bertz CT molecular complexity index is 611. The van der Waals surface area contributed by atoms with Gasteiger partial charge in [-0.25, -0.2) is 0 Å². The molecule has 0 spiro atoms. The first-order chi connectivity index (χ1) is 10.5. The summed E-state index contributed by atoms with van der Waals surface area (Å²) in [5, 5.41) is 10.3. The van der Waals surface area contributed by atoms with Crippen molar-refractivity contribution in [3.8, 4) is 5.75 Å². The minimum Gasteiger partial charge on any atom is -0.507 e. The number of carbonyl (C=O) groups is 1. The van der Waals surface area contributed by atoms with Gasteiger partial charge >= 0.3 is 0 Å². The van der Waals surface area contributed by atoms with E-state index in [1.807, 2.05) is 12.1 Å². The van der Waals surface area contributed by atoms with Gasteiger partial charge in [0.05, 0.1) is 0 Å². The molecule has 1 aromatic carbocycles. The SMILES string of the molecule is CCCC12C[NH+]3CC(C)(C[NH+](C1)C3c1ccccc1O)C2=O. The van der Waals surface area contributed by atoms with Crippen LogP contribution in [0.25, 0.3) is 0 Å². The molecule has 4 nitrogen and oxygen atoms in total. The lowest BCUT2D eigenvalue weighted by molar-refractivity contribution is -1.18. The van der Waals surface area contributed by atoms with E-state index in [0.717, 1.165) is 44.6 Å². The average Bonchev–Trinajstić information content (AvgIpc) is 2.45. The molecule has 0 aliphatic carbocycles. The second-order valence-corrected chi connectivity index (χ2v) is 7.94. The van der Waals surface area contributed by atoms with E-state index < -0.39 is 0 Å². The quantitative estimate of drug-likeness (QED) is 0.709. The van der Waals surface area contributed by atoms with Crippen LogP contribution in [0, 0.1) is 10.8 Å². The van der Waals surface area contributed by atoms with Gasteiger partial charge in [-0.2, -0.15) is 0 Å². The van der Waals surface area contributed by atoms with Gasteiger partial charge in [0.2, 0.25) is 6.17 Å². The summed E-state index contributed by atoms with van der Waals surface area (Å²) in [6.07, 6.45) is 2.37. The summed E-state index contributed by atoms with van der Waals surface area (Å²) in [5.41, 5.74) is 0.761. The number of carbonyl (C=O) groups excluding carboxylic acids is 1. The third kappa shape index (κ3) is 1.74. The lowest BCUT2D eigenvalue weighted by atomic mass is 9.59. The Morgan fingerprint density at radius 2 is 1.82 bits per heavy atom. The third-order valence-corrected chi connectivity index (χ3v) is 6.19. The van der Waals surface area contributed by atoms with Crippen molar-refractivity contribution in [3.05, 3.63) is 29.8 Å². The fourth-order valence-electron chi connectivity index (χ4n) is 5.72. The van der Waals surface area contributed by atoms with E-state index in [4.69, 9.17) is 0 Å². The molecule has 0 radical (unpaired) electrons. The van der Waals surface area contributed by atoms with E-state index in [2.05, 4.69) is 19.9 Å². The summed E-state index contributed by atoms with van der Waals surface area (Å²) in [7, 11) is 0. The smallest absolute Gasteiger partial charge is 0.243 e. The summed E-state index contributed by atoms with van der Waals surface area (Å²) >= 11 is 0.